The van der Waals surface area contributed by atoms with E-state index < -0.39 is 0 Å². The first-order valence-corrected chi connectivity index (χ1v) is 11.4. The lowest BCUT2D eigenvalue weighted by molar-refractivity contribution is 0.0988. The molecule has 2 amide bonds. The van der Waals surface area contributed by atoms with Crippen LogP contribution >= 0.6 is 0 Å². The molecule has 0 aliphatic carbocycles. The molecule has 1 aliphatic rings. The number of fused-ring (bicyclic) bond motifs is 2. The minimum Gasteiger partial charge on any atom is -0.322 e. The first-order chi connectivity index (χ1) is 17.2. The number of nitrogens with zero attached hydrogens (tertiary/aromatic N) is 4. The molecule has 1 aliphatic heterocycles. The summed E-state index contributed by atoms with van der Waals surface area (Å²) < 4.78 is 1.67. The topological polar surface area (TPSA) is 79.6 Å². The predicted molar refractivity (Wildman–Crippen MR) is 135 cm³/mol. The average molecular weight is 460 g/mol. The highest BCUT2D eigenvalue weighted by Crippen LogP contribution is 2.29. The van der Waals surface area contributed by atoms with Crippen molar-refractivity contribution in [3.8, 4) is 11.3 Å². The van der Waals surface area contributed by atoms with Crippen LogP contribution in [0.4, 0.5) is 11.4 Å². The lowest BCUT2D eigenvalue weighted by Crippen LogP contribution is -2.28. The number of nitrogens with one attached hydrogen (secondary N) is 1. The lowest BCUT2D eigenvalue weighted by Gasteiger charge is -2.17. The van der Waals surface area contributed by atoms with Gasteiger partial charge >= 0.3 is 0 Å². The van der Waals surface area contributed by atoms with Crippen LogP contribution in [0.3, 0.4) is 0 Å². The van der Waals surface area contributed by atoms with Gasteiger partial charge < -0.3 is 10.2 Å². The highest BCUT2D eigenvalue weighted by molar-refractivity contribution is 6.09. The highest BCUT2D eigenvalue weighted by Gasteiger charge is 2.25. The summed E-state index contributed by atoms with van der Waals surface area (Å²) in [6.07, 6.45) is 4.05. The van der Waals surface area contributed by atoms with Gasteiger partial charge in [0, 0.05) is 35.2 Å². The molecular formula is C28H21N5O2. The molecule has 170 valence electrons. The maximum atomic E-state index is 13.0. The van der Waals surface area contributed by atoms with E-state index >= 15 is 0 Å². The van der Waals surface area contributed by atoms with Crippen LogP contribution in [0.15, 0.2) is 97.3 Å². The molecular weight excluding hydrogens is 438 g/mol. The van der Waals surface area contributed by atoms with Gasteiger partial charge in [0.05, 0.1) is 11.9 Å². The minimum absolute atomic E-state index is 0.0481. The minimum atomic E-state index is -0.315. The number of para-hydroxylation sites is 1. The third-order valence-corrected chi connectivity index (χ3v) is 6.24. The first-order valence-electron chi connectivity index (χ1n) is 11.4. The Morgan fingerprint density at radius 1 is 0.857 bits per heavy atom. The molecule has 0 saturated heterocycles. The number of hydrogen-bond donors (Lipinski definition) is 1. The molecule has 0 fully saturated rings. The van der Waals surface area contributed by atoms with E-state index in [1.54, 1.807) is 39.9 Å². The van der Waals surface area contributed by atoms with Gasteiger partial charge in [0.1, 0.15) is 5.56 Å². The molecule has 0 saturated carbocycles. The normalized spacial score (nSPS) is 12.5. The molecule has 0 spiro atoms. The van der Waals surface area contributed by atoms with Crippen LogP contribution in [0.25, 0.3) is 16.9 Å². The Morgan fingerprint density at radius 3 is 2.46 bits per heavy atom. The Labute approximate surface area is 201 Å². The van der Waals surface area contributed by atoms with Gasteiger partial charge in [0.25, 0.3) is 11.8 Å². The van der Waals surface area contributed by atoms with Crippen LogP contribution < -0.4 is 10.2 Å². The van der Waals surface area contributed by atoms with Crippen LogP contribution in [0.1, 0.15) is 26.3 Å². The summed E-state index contributed by atoms with van der Waals surface area (Å²) in [6.45, 7) is 0.670. The molecule has 0 radical (unpaired) electrons. The fourth-order valence-corrected chi connectivity index (χ4v) is 4.48. The Balaban J connectivity index is 1.21. The SMILES string of the molecule is O=C(Nc1ccc(C(=O)N2CCc3ccccc32)cc1)c1cnn2c(-c3ccccc3)ccnc12. The summed E-state index contributed by atoms with van der Waals surface area (Å²) >= 11 is 0. The summed E-state index contributed by atoms with van der Waals surface area (Å²) in [5, 5.41) is 7.29. The van der Waals surface area contributed by atoms with Gasteiger partial charge in [-0.2, -0.15) is 5.10 Å². The van der Waals surface area contributed by atoms with Crippen LogP contribution in [0.2, 0.25) is 0 Å². The first kappa shape index (κ1) is 20.8. The van der Waals surface area contributed by atoms with E-state index in [9.17, 15) is 9.59 Å². The fourth-order valence-electron chi connectivity index (χ4n) is 4.48. The molecule has 3 heterocycles. The van der Waals surface area contributed by atoms with Crippen molar-refractivity contribution in [2.45, 2.75) is 6.42 Å². The summed E-state index contributed by atoms with van der Waals surface area (Å²) in [4.78, 5) is 32.2. The highest BCUT2D eigenvalue weighted by atomic mass is 16.2. The summed E-state index contributed by atoms with van der Waals surface area (Å²) in [5.74, 6) is -0.363. The standard InChI is InChI=1S/C28H21N5O2/c34-27(23-18-30-33-25(14-16-29-26(23)33)19-6-2-1-3-7-19)31-22-12-10-21(11-13-22)28(35)32-17-15-20-8-4-5-9-24(20)32/h1-14,16,18H,15,17H2,(H,31,34). The molecule has 2 aromatic heterocycles. The third-order valence-electron chi connectivity index (χ3n) is 6.24. The van der Waals surface area contributed by atoms with Gasteiger partial charge in [-0.3, -0.25) is 9.59 Å². The molecule has 0 bridgehead atoms. The molecule has 7 nitrogen and oxygen atoms in total. The smallest absolute Gasteiger partial charge is 0.261 e. The zero-order chi connectivity index (χ0) is 23.8. The molecule has 6 rings (SSSR count). The Morgan fingerprint density at radius 2 is 1.63 bits per heavy atom. The van der Waals surface area contributed by atoms with E-state index in [-0.39, 0.29) is 11.8 Å². The van der Waals surface area contributed by atoms with E-state index in [0.717, 1.165) is 23.4 Å². The summed E-state index contributed by atoms with van der Waals surface area (Å²) in [6, 6.07) is 26.6. The Kier molecular flexibility index (Phi) is 5.07. The van der Waals surface area contributed by atoms with E-state index in [0.29, 0.717) is 29.0 Å². The molecule has 0 unspecified atom stereocenters. The van der Waals surface area contributed by atoms with Crippen molar-refractivity contribution in [3.05, 3.63) is 114 Å². The van der Waals surface area contributed by atoms with Gasteiger partial charge in [-0.05, 0) is 48.4 Å². The molecule has 5 aromatic rings. The maximum Gasteiger partial charge on any atom is 0.261 e. The van der Waals surface area contributed by atoms with Crippen molar-refractivity contribution in [1.29, 1.82) is 0 Å². The van der Waals surface area contributed by atoms with Gasteiger partial charge in [0.2, 0.25) is 0 Å². The number of aromatic nitrogens is 3. The number of rotatable bonds is 4. The molecule has 3 aromatic carbocycles. The number of carbonyl (C=O) groups is 2. The van der Waals surface area contributed by atoms with Gasteiger partial charge in [0.15, 0.2) is 5.65 Å². The quantitative estimate of drug-likeness (QED) is 0.417. The van der Waals surface area contributed by atoms with Crippen LogP contribution in [-0.4, -0.2) is 33.0 Å². The molecule has 1 N–H and O–H groups in total. The molecule has 7 heteroatoms. The van der Waals surface area contributed by atoms with E-state index in [4.69, 9.17) is 0 Å². The summed E-state index contributed by atoms with van der Waals surface area (Å²) in [5.41, 5.74) is 5.99. The van der Waals surface area contributed by atoms with Crippen LogP contribution in [0, 0.1) is 0 Å². The van der Waals surface area contributed by atoms with Crippen molar-refractivity contribution in [3.63, 3.8) is 0 Å². The second kappa shape index (κ2) is 8.53. The zero-order valence-electron chi connectivity index (χ0n) is 18.8. The monoisotopic (exact) mass is 459 g/mol. The summed E-state index contributed by atoms with van der Waals surface area (Å²) in [7, 11) is 0. The number of amides is 2. The Bertz CT molecular complexity index is 1560. The second-order valence-electron chi connectivity index (χ2n) is 8.36. The Hall–Kier alpha value is -4.78. The van der Waals surface area contributed by atoms with Gasteiger partial charge in [-0.25, -0.2) is 9.50 Å². The third kappa shape index (κ3) is 3.73. The van der Waals surface area contributed by atoms with Crippen molar-refractivity contribution in [2.24, 2.45) is 0 Å². The largest absolute Gasteiger partial charge is 0.322 e. The number of hydrogen-bond acceptors (Lipinski definition) is 4. The number of carbonyl (C=O) groups excluding carboxylic acids is 2. The van der Waals surface area contributed by atoms with E-state index in [2.05, 4.69) is 21.5 Å². The van der Waals surface area contributed by atoms with Crippen molar-refractivity contribution in [2.75, 3.05) is 16.8 Å². The fraction of sp³-hybridized carbons (Fsp3) is 0.0714. The van der Waals surface area contributed by atoms with E-state index in [1.165, 1.54) is 11.8 Å². The molecule has 35 heavy (non-hydrogen) atoms. The van der Waals surface area contributed by atoms with E-state index in [1.807, 2.05) is 54.6 Å². The van der Waals surface area contributed by atoms with Gasteiger partial charge in [-0.15, -0.1) is 0 Å². The second-order valence-corrected chi connectivity index (χ2v) is 8.36. The van der Waals surface area contributed by atoms with Crippen molar-refractivity contribution in [1.82, 2.24) is 14.6 Å². The van der Waals surface area contributed by atoms with Gasteiger partial charge in [-0.1, -0.05) is 48.5 Å². The van der Waals surface area contributed by atoms with Crippen molar-refractivity contribution >= 4 is 28.8 Å². The molecule has 0 atom stereocenters. The number of anilines is 2. The van der Waals surface area contributed by atoms with Crippen LogP contribution in [-0.2, 0) is 6.42 Å². The van der Waals surface area contributed by atoms with Crippen LogP contribution in [0.5, 0.6) is 0 Å². The zero-order valence-corrected chi connectivity index (χ0v) is 18.8. The number of benzene rings is 3. The predicted octanol–water partition coefficient (Wildman–Crippen LogP) is 4.85. The average Bonchev–Trinajstić information content (AvgIpc) is 3.54. The maximum absolute atomic E-state index is 13.0. The lowest BCUT2D eigenvalue weighted by atomic mass is 10.1. The van der Waals surface area contributed by atoms with Crippen molar-refractivity contribution < 1.29 is 9.59 Å².